The van der Waals surface area contributed by atoms with E-state index in [0.29, 0.717) is 15.1 Å². The predicted octanol–water partition coefficient (Wildman–Crippen LogP) is 5.01. The second-order valence-corrected chi connectivity index (χ2v) is 7.19. The molecule has 0 spiro atoms. The van der Waals surface area contributed by atoms with Crippen LogP contribution in [0, 0.1) is 13.8 Å². The summed E-state index contributed by atoms with van der Waals surface area (Å²) < 4.78 is 5.98. The maximum atomic E-state index is 10.4. The highest BCUT2D eigenvalue weighted by Gasteiger charge is 2.15. The molecule has 0 saturated carbocycles. The molecule has 1 aliphatic heterocycles. The standard InChI is InChI=1S/C19H20BrClN2O2/c1-12-16(19(24)17(20)13(2)18(12)21)11-22-14-3-5-15(6-4-14)23-7-9-25-10-8-23/h3-6,11,24H,7-10H2,1-2H3. The lowest BCUT2D eigenvalue weighted by Crippen LogP contribution is -2.36. The largest absolute Gasteiger partial charge is 0.506 e. The molecule has 2 aromatic rings. The van der Waals surface area contributed by atoms with Gasteiger partial charge in [0.05, 0.1) is 23.4 Å². The number of aliphatic imine (C=N–C) groups is 1. The normalized spacial score (nSPS) is 15.1. The first-order valence-electron chi connectivity index (χ1n) is 8.13. The zero-order chi connectivity index (χ0) is 18.0. The smallest absolute Gasteiger partial charge is 0.139 e. The molecule has 0 atom stereocenters. The Bertz CT molecular complexity index is 771. The summed E-state index contributed by atoms with van der Waals surface area (Å²) in [7, 11) is 0. The second kappa shape index (κ2) is 7.77. The number of nitrogens with zero attached hydrogens (tertiary/aromatic N) is 2. The summed E-state index contributed by atoms with van der Waals surface area (Å²) in [6, 6.07) is 8.06. The van der Waals surface area contributed by atoms with E-state index in [9.17, 15) is 5.11 Å². The van der Waals surface area contributed by atoms with Crippen LogP contribution in [-0.4, -0.2) is 37.6 Å². The number of aromatic hydroxyl groups is 1. The van der Waals surface area contributed by atoms with Crippen molar-refractivity contribution < 1.29 is 9.84 Å². The van der Waals surface area contributed by atoms with Gasteiger partial charge in [0.2, 0.25) is 0 Å². The molecule has 0 radical (unpaired) electrons. The van der Waals surface area contributed by atoms with E-state index in [1.807, 2.05) is 26.0 Å². The molecule has 25 heavy (non-hydrogen) atoms. The molecule has 0 bridgehead atoms. The number of benzene rings is 2. The second-order valence-electron chi connectivity index (χ2n) is 6.01. The molecule has 1 N–H and O–H groups in total. The Hall–Kier alpha value is -1.56. The van der Waals surface area contributed by atoms with Gasteiger partial charge in [-0.3, -0.25) is 4.99 Å². The number of morpholine rings is 1. The van der Waals surface area contributed by atoms with Crippen LogP contribution < -0.4 is 4.90 Å². The van der Waals surface area contributed by atoms with E-state index < -0.39 is 0 Å². The van der Waals surface area contributed by atoms with Crippen molar-refractivity contribution in [1.82, 2.24) is 0 Å². The summed E-state index contributed by atoms with van der Waals surface area (Å²) in [5, 5.41) is 11.0. The van der Waals surface area contributed by atoms with Gasteiger partial charge in [-0.2, -0.15) is 0 Å². The number of hydrogen-bond acceptors (Lipinski definition) is 4. The minimum Gasteiger partial charge on any atom is -0.506 e. The third-order valence-electron chi connectivity index (χ3n) is 4.42. The summed E-state index contributed by atoms with van der Waals surface area (Å²) in [6.45, 7) is 7.09. The first kappa shape index (κ1) is 18.2. The van der Waals surface area contributed by atoms with Gasteiger partial charge in [-0.1, -0.05) is 11.6 Å². The maximum Gasteiger partial charge on any atom is 0.139 e. The highest BCUT2D eigenvalue weighted by atomic mass is 79.9. The molecular formula is C19H20BrClN2O2. The zero-order valence-electron chi connectivity index (χ0n) is 14.2. The van der Waals surface area contributed by atoms with E-state index in [0.717, 1.165) is 43.1 Å². The molecule has 1 heterocycles. The van der Waals surface area contributed by atoms with Crippen LogP contribution in [0.1, 0.15) is 16.7 Å². The highest BCUT2D eigenvalue weighted by molar-refractivity contribution is 9.10. The number of hydrogen-bond donors (Lipinski definition) is 1. The molecule has 0 aliphatic carbocycles. The van der Waals surface area contributed by atoms with Gasteiger partial charge in [-0.05, 0) is 65.2 Å². The van der Waals surface area contributed by atoms with E-state index in [-0.39, 0.29) is 5.75 Å². The lowest BCUT2D eigenvalue weighted by atomic mass is 10.0. The number of rotatable bonds is 3. The third-order valence-corrected chi connectivity index (χ3v) is 5.96. The molecular weight excluding hydrogens is 404 g/mol. The Morgan fingerprint density at radius 3 is 2.44 bits per heavy atom. The molecule has 1 fully saturated rings. The van der Waals surface area contributed by atoms with Gasteiger partial charge >= 0.3 is 0 Å². The summed E-state index contributed by atoms with van der Waals surface area (Å²) in [4.78, 5) is 6.78. The highest BCUT2D eigenvalue weighted by Crippen LogP contribution is 2.38. The van der Waals surface area contributed by atoms with Gasteiger partial charge in [-0.25, -0.2) is 0 Å². The molecule has 2 aromatic carbocycles. The molecule has 4 nitrogen and oxygen atoms in total. The SMILES string of the molecule is Cc1c(Cl)c(C)c(C=Nc2ccc(N3CCOCC3)cc2)c(O)c1Br. The van der Waals surface area contributed by atoms with Crippen LogP contribution in [0.4, 0.5) is 11.4 Å². The fourth-order valence-electron chi connectivity index (χ4n) is 2.84. The topological polar surface area (TPSA) is 45.1 Å². The number of anilines is 1. The van der Waals surface area contributed by atoms with E-state index >= 15 is 0 Å². The van der Waals surface area contributed by atoms with E-state index in [4.69, 9.17) is 16.3 Å². The van der Waals surface area contributed by atoms with E-state index in [1.165, 1.54) is 5.69 Å². The number of halogens is 2. The third kappa shape index (κ3) is 3.84. The molecule has 3 rings (SSSR count). The first-order chi connectivity index (χ1) is 12.0. The van der Waals surface area contributed by atoms with Crippen molar-refractivity contribution in [2.45, 2.75) is 13.8 Å². The quantitative estimate of drug-likeness (QED) is 0.706. The monoisotopic (exact) mass is 422 g/mol. The van der Waals surface area contributed by atoms with Gasteiger partial charge in [0.15, 0.2) is 0 Å². The van der Waals surface area contributed by atoms with Gasteiger partial charge in [0, 0.05) is 35.6 Å². The molecule has 1 saturated heterocycles. The Morgan fingerprint density at radius 1 is 1.16 bits per heavy atom. The minimum atomic E-state index is 0.160. The molecule has 0 unspecified atom stereocenters. The first-order valence-corrected chi connectivity index (χ1v) is 9.30. The Balaban J connectivity index is 1.83. The summed E-state index contributed by atoms with van der Waals surface area (Å²) in [6.07, 6.45) is 1.66. The average molecular weight is 424 g/mol. The lowest BCUT2D eigenvalue weighted by molar-refractivity contribution is 0.122. The maximum absolute atomic E-state index is 10.4. The molecule has 132 valence electrons. The fourth-order valence-corrected chi connectivity index (χ4v) is 3.56. The van der Waals surface area contributed by atoms with Crippen LogP contribution >= 0.6 is 27.5 Å². The predicted molar refractivity (Wildman–Crippen MR) is 107 cm³/mol. The molecule has 0 amide bonds. The molecule has 1 aliphatic rings. The van der Waals surface area contributed by atoms with Crippen LogP contribution in [0.25, 0.3) is 0 Å². The molecule has 6 heteroatoms. The van der Waals surface area contributed by atoms with Gasteiger partial charge in [-0.15, -0.1) is 0 Å². The van der Waals surface area contributed by atoms with Crippen LogP contribution in [-0.2, 0) is 4.74 Å². The minimum absolute atomic E-state index is 0.160. The van der Waals surface area contributed by atoms with Crippen LogP contribution in [0.2, 0.25) is 5.02 Å². The Morgan fingerprint density at radius 2 is 1.80 bits per heavy atom. The number of ether oxygens (including phenoxy) is 1. The van der Waals surface area contributed by atoms with Crippen LogP contribution in [0.3, 0.4) is 0 Å². The van der Waals surface area contributed by atoms with Crippen molar-refractivity contribution in [3.63, 3.8) is 0 Å². The van der Waals surface area contributed by atoms with Gasteiger partial charge < -0.3 is 14.7 Å². The lowest BCUT2D eigenvalue weighted by Gasteiger charge is -2.28. The molecule has 0 aromatic heterocycles. The van der Waals surface area contributed by atoms with E-state index in [2.05, 4.69) is 38.0 Å². The average Bonchev–Trinajstić information content (AvgIpc) is 2.66. The van der Waals surface area contributed by atoms with Gasteiger partial charge in [0.1, 0.15) is 5.75 Å². The summed E-state index contributed by atoms with van der Waals surface area (Å²) in [5.74, 6) is 0.160. The van der Waals surface area contributed by atoms with Crippen molar-refractivity contribution in [1.29, 1.82) is 0 Å². The van der Waals surface area contributed by atoms with Gasteiger partial charge in [0.25, 0.3) is 0 Å². The zero-order valence-corrected chi connectivity index (χ0v) is 16.6. The summed E-state index contributed by atoms with van der Waals surface area (Å²) >= 11 is 9.71. The Kier molecular flexibility index (Phi) is 5.67. The summed E-state index contributed by atoms with van der Waals surface area (Å²) in [5.41, 5.74) is 4.25. The van der Waals surface area contributed by atoms with Crippen LogP contribution in [0.5, 0.6) is 5.75 Å². The van der Waals surface area contributed by atoms with Crippen molar-refractivity contribution in [3.05, 3.63) is 50.5 Å². The van der Waals surface area contributed by atoms with Crippen molar-refractivity contribution in [2.75, 3.05) is 31.2 Å². The van der Waals surface area contributed by atoms with Crippen molar-refractivity contribution in [3.8, 4) is 5.75 Å². The number of phenolic OH excluding ortho intramolecular Hbond substituents is 1. The van der Waals surface area contributed by atoms with E-state index in [1.54, 1.807) is 6.21 Å². The fraction of sp³-hybridized carbons (Fsp3) is 0.316. The number of phenols is 1. The van der Waals surface area contributed by atoms with Crippen molar-refractivity contribution in [2.24, 2.45) is 4.99 Å². The van der Waals surface area contributed by atoms with Crippen LogP contribution in [0.15, 0.2) is 33.7 Å². The Labute approximate surface area is 161 Å². The van der Waals surface area contributed by atoms with Crippen molar-refractivity contribution >= 4 is 45.1 Å².